The van der Waals surface area contributed by atoms with Crippen LogP contribution in [-0.4, -0.2) is 43.1 Å². The Bertz CT molecular complexity index is 811. The number of pyridine rings is 1. The van der Waals surface area contributed by atoms with Crippen molar-refractivity contribution in [3.05, 3.63) is 52.5 Å². The maximum absolute atomic E-state index is 12.6. The number of rotatable bonds is 4. The van der Waals surface area contributed by atoms with Crippen molar-refractivity contribution in [3.8, 4) is 0 Å². The number of amides is 1. The average molecular weight is 344 g/mol. The third kappa shape index (κ3) is 3.66. The van der Waals surface area contributed by atoms with Crippen molar-refractivity contribution in [1.82, 2.24) is 19.0 Å². The molecule has 7 heteroatoms. The van der Waals surface area contributed by atoms with E-state index in [2.05, 4.69) is 4.98 Å². The van der Waals surface area contributed by atoms with E-state index in [4.69, 9.17) is 0 Å². The average Bonchev–Trinajstić information content (AvgIpc) is 3.04. The number of aliphatic hydroxyl groups is 1. The standard InChI is InChI=1S/C18H24N4O3/c1-13-5-3-9-22(18(13)25)12-15(23)21-8-4-6-14(11-21)16(24)17-19-7-10-20(17)2/h3,5,7,9-10,14,16,24H,4,6,8,11-12H2,1-2H3. The van der Waals surface area contributed by atoms with Gasteiger partial charge in [0.15, 0.2) is 0 Å². The zero-order chi connectivity index (χ0) is 18.0. The second-order valence-corrected chi connectivity index (χ2v) is 6.71. The molecule has 7 nitrogen and oxygen atoms in total. The zero-order valence-electron chi connectivity index (χ0n) is 14.6. The molecule has 2 aromatic rings. The van der Waals surface area contributed by atoms with Gasteiger partial charge < -0.3 is 19.1 Å². The second kappa shape index (κ2) is 7.23. The molecule has 0 aliphatic carbocycles. The van der Waals surface area contributed by atoms with Crippen LogP contribution < -0.4 is 5.56 Å². The van der Waals surface area contributed by atoms with E-state index in [0.29, 0.717) is 24.5 Å². The molecule has 0 spiro atoms. The molecule has 1 amide bonds. The highest BCUT2D eigenvalue weighted by atomic mass is 16.3. The number of hydrogen-bond donors (Lipinski definition) is 1. The van der Waals surface area contributed by atoms with E-state index in [1.807, 2.05) is 7.05 Å². The van der Waals surface area contributed by atoms with Gasteiger partial charge in [0.2, 0.25) is 5.91 Å². The molecule has 1 saturated heterocycles. The molecule has 3 rings (SSSR count). The number of aliphatic hydroxyl groups excluding tert-OH is 1. The fourth-order valence-electron chi connectivity index (χ4n) is 3.39. The molecule has 0 saturated carbocycles. The second-order valence-electron chi connectivity index (χ2n) is 6.71. The number of imidazole rings is 1. The molecule has 1 fully saturated rings. The first-order valence-electron chi connectivity index (χ1n) is 8.56. The van der Waals surface area contributed by atoms with Gasteiger partial charge in [0, 0.05) is 50.2 Å². The monoisotopic (exact) mass is 344 g/mol. The van der Waals surface area contributed by atoms with Gasteiger partial charge in [-0.1, -0.05) is 6.07 Å². The first-order chi connectivity index (χ1) is 12.0. The summed E-state index contributed by atoms with van der Waals surface area (Å²) in [6, 6.07) is 3.51. The zero-order valence-corrected chi connectivity index (χ0v) is 14.6. The maximum Gasteiger partial charge on any atom is 0.253 e. The summed E-state index contributed by atoms with van der Waals surface area (Å²) in [4.78, 5) is 30.7. The van der Waals surface area contributed by atoms with Crippen molar-refractivity contribution in [2.75, 3.05) is 13.1 Å². The predicted octanol–water partition coefficient (Wildman–Crippen LogP) is 0.862. The summed E-state index contributed by atoms with van der Waals surface area (Å²) in [5.41, 5.74) is 0.481. The maximum atomic E-state index is 12.6. The number of carbonyl (C=O) groups is 1. The van der Waals surface area contributed by atoms with Crippen LogP contribution in [0.15, 0.2) is 35.5 Å². The van der Waals surface area contributed by atoms with Gasteiger partial charge in [0.1, 0.15) is 18.5 Å². The van der Waals surface area contributed by atoms with Gasteiger partial charge in [-0.05, 0) is 25.8 Å². The van der Waals surface area contributed by atoms with Gasteiger partial charge in [0.05, 0.1) is 0 Å². The van der Waals surface area contributed by atoms with Crippen LogP contribution in [0.4, 0.5) is 0 Å². The summed E-state index contributed by atoms with van der Waals surface area (Å²) in [6.07, 6.45) is 6.08. The van der Waals surface area contributed by atoms with Gasteiger partial charge in [-0.25, -0.2) is 4.98 Å². The Labute approximate surface area is 146 Å². The number of hydrogen-bond acceptors (Lipinski definition) is 4. The molecule has 0 radical (unpaired) electrons. The van der Waals surface area contributed by atoms with Gasteiger partial charge in [0.25, 0.3) is 5.56 Å². The van der Waals surface area contributed by atoms with E-state index in [9.17, 15) is 14.7 Å². The van der Waals surface area contributed by atoms with Gasteiger partial charge in [-0.15, -0.1) is 0 Å². The molecule has 25 heavy (non-hydrogen) atoms. The van der Waals surface area contributed by atoms with Gasteiger partial charge in [-0.3, -0.25) is 9.59 Å². The van der Waals surface area contributed by atoms with E-state index in [1.54, 1.807) is 47.1 Å². The molecule has 1 aliphatic heterocycles. The minimum Gasteiger partial charge on any atom is -0.385 e. The number of carbonyl (C=O) groups excluding carboxylic acids is 1. The van der Waals surface area contributed by atoms with Crippen molar-refractivity contribution in [3.63, 3.8) is 0 Å². The van der Waals surface area contributed by atoms with Crippen LogP contribution in [-0.2, 0) is 18.4 Å². The Hall–Kier alpha value is -2.41. The Morgan fingerprint density at radius 2 is 2.24 bits per heavy atom. The van der Waals surface area contributed by atoms with Crippen molar-refractivity contribution >= 4 is 5.91 Å². The van der Waals surface area contributed by atoms with Crippen molar-refractivity contribution in [2.24, 2.45) is 13.0 Å². The summed E-state index contributed by atoms with van der Waals surface area (Å²) in [7, 11) is 1.85. The van der Waals surface area contributed by atoms with Crippen LogP contribution in [0.25, 0.3) is 0 Å². The lowest BCUT2D eigenvalue weighted by Gasteiger charge is -2.35. The summed E-state index contributed by atoms with van der Waals surface area (Å²) < 4.78 is 3.24. The van der Waals surface area contributed by atoms with Crippen LogP contribution >= 0.6 is 0 Å². The van der Waals surface area contributed by atoms with Crippen LogP contribution in [0.3, 0.4) is 0 Å². The summed E-state index contributed by atoms with van der Waals surface area (Å²) in [5.74, 6) is 0.478. The number of aryl methyl sites for hydroxylation is 2. The number of piperidine rings is 1. The van der Waals surface area contributed by atoms with E-state index >= 15 is 0 Å². The van der Waals surface area contributed by atoms with E-state index < -0.39 is 6.10 Å². The normalized spacial score (nSPS) is 19.0. The van der Waals surface area contributed by atoms with Crippen LogP contribution in [0.1, 0.15) is 30.3 Å². The van der Waals surface area contributed by atoms with E-state index in [1.165, 1.54) is 4.57 Å². The molecule has 0 bridgehead atoms. The summed E-state index contributed by atoms with van der Waals surface area (Å²) in [6.45, 7) is 2.91. The summed E-state index contributed by atoms with van der Waals surface area (Å²) in [5, 5.41) is 10.6. The van der Waals surface area contributed by atoms with Gasteiger partial charge in [-0.2, -0.15) is 0 Å². The quantitative estimate of drug-likeness (QED) is 0.892. The third-order valence-electron chi connectivity index (χ3n) is 4.90. The molecule has 2 atom stereocenters. The van der Waals surface area contributed by atoms with Crippen molar-refractivity contribution in [2.45, 2.75) is 32.4 Å². The topological polar surface area (TPSA) is 80.4 Å². The molecule has 2 unspecified atom stereocenters. The molecular weight excluding hydrogens is 320 g/mol. The Kier molecular flexibility index (Phi) is 5.03. The Morgan fingerprint density at radius 3 is 2.96 bits per heavy atom. The highest BCUT2D eigenvalue weighted by Crippen LogP contribution is 2.28. The Balaban J connectivity index is 1.68. The number of aromatic nitrogens is 3. The van der Waals surface area contributed by atoms with Crippen LogP contribution in [0, 0.1) is 12.8 Å². The highest BCUT2D eigenvalue weighted by molar-refractivity contribution is 5.76. The minimum atomic E-state index is -0.697. The first-order valence-corrected chi connectivity index (χ1v) is 8.56. The highest BCUT2D eigenvalue weighted by Gasteiger charge is 2.31. The van der Waals surface area contributed by atoms with Gasteiger partial charge >= 0.3 is 0 Å². The lowest BCUT2D eigenvalue weighted by Crippen LogP contribution is -2.44. The minimum absolute atomic E-state index is 0.0335. The van der Waals surface area contributed by atoms with E-state index in [0.717, 1.165) is 12.8 Å². The molecule has 3 heterocycles. The third-order valence-corrected chi connectivity index (χ3v) is 4.90. The first kappa shape index (κ1) is 17.4. The van der Waals surface area contributed by atoms with Crippen LogP contribution in [0.2, 0.25) is 0 Å². The van der Waals surface area contributed by atoms with Crippen molar-refractivity contribution in [1.29, 1.82) is 0 Å². The molecule has 2 aromatic heterocycles. The molecule has 0 aromatic carbocycles. The predicted molar refractivity (Wildman–Crippen MR) is 92.9 cm³/mol. The number of likely N-dealkylation sites (tertiary alicyclic amines) is 1. The molecular formula is C18H24N4O3. The molecule has 1 aliphatic rings. The molecule has 134 valence electrons. The SMILES string of the molecule is Cc1cccn(CC(=O)N2CCCC(C(O)c3nccn3C)C2)c1=O. The lowest BCUT2D eigenvalue weighted by molar-refractivity contribution is -0.134. The lowest BCUT2D eigenvalue weighted by atomic mass is 9.92. The number of nitrogens with zero attached hydrogens (tertiary/aromatic N) is 4. The Morgan fingerprint density at radius 1 is 1.44 bits per heavy atom. The summed E-state index contributed by atoms with van der Waals surface area (Å²) >= 11 is 0. The molecule has 1 N–H and O–H groups in total. The largest absolute Gasteiger partial charge is 0.385 e. The van der Waals surface area contributed by atoms with Crippen molar-refractivity contribution < 1.29 is 9.90 Å². The fourth-order valence-corrected chi connectivity index (χ4v) is 3.39. The smallest absolute Gasteiger partial charge is 0.253 e. The van der Waals surface area contributed by atoms with Crippen LogP contribution in [0.5, 0.6) is 0 Å². The van der Waals surface area contributed by atoms with E-state index in [-0.39, 0.29) is 23.9 Å². The fraction of sp³-hybridized carbons (Fsp3) is 0.500.